The number of carbonyl (C=O) groups excluding carboxylic acids is 1. The second kappa shape index (κ2) is 7.31. The fraction of sp³-hybridized carbons (Fsp3) is 0.550. The largest absolute Gasteiger partial charge is 0.459 e. The van der Waals surface area contributed by atoms with Crippen LogP contribution in [-0.4, -0.2) is 43.7 Å². The Morgan fingerprint density at radius 3 is 2.65 bits per heavy atom. The third-order valence-electron chi connectivity index (χ3n) is 5.41. The molecule has 23 heavy (non-hydrogen) atoms. The summed E-state index contributed by atoms with van der Waals surface area (Å²) in [6, 6.07) is 10.1. The van der Waals surface area contributed by atoms with Gasteiger partial charge in [-0.05, 0) is 24.3 Å². The third kappa shape index (κ3) is 4.03. The summed E-state index contributed by atoms with van der Waals surface area (Å²) >= 11 is 0. The fourth-order valence-electron chi connectivity index (χ4n) is 3.93. The zero-order chi connectivity index (χ0) is 16.1. The zero-order valence-electron chi connectivity index (χ0n) is 14.1. The molecule has 1 fully saturated rings. The van der Waals surface area contributed by atoms with Gasteiger partial charge >= 0.3 is 5.97 Å². The molecule has 0 N–H and O–H groups in total. The van der Waals surface area contributed by atoms with Crippen LogP contribution < -0.4 is 0 Å². The van der Waals surface area contributed by atoms with Gasteiger partial charge in [-0.15, -0.1) is 0 Å². The molecule has 0 bridgehead atoms. The number of rotatable bonds is 6. The van der Waals surface area contributed by atoms with Gasteiger partial charge in [0.15, 0.2) is 0 Å². The van der Waals surface area contributed by atoms with Crippen LogP contribution in [0.3, 0.4) is 0 Å². The van der Waals surface area contributed by atoms with Crippen molar-refractivity contribution < 1.29 is 14.0 Å². The summed E-state index contributed by atoms with van der Waals surface area (Å²) in [4.78, 5) is 12.7. The number of likely N-dealkylation sites (tertiary alicyclic amines) is 1. The average molecular weight is 314 g/mol. The normalized spacial score (nSPS) is 23.8. The maximum absolute atomic E-state index is 12.7. The van der Waals surface area contributed by atoms with Crippen molar-refractivity contribution in [2.75, 3.05) is 33.3 Å². The first kappa shape index (κ1) is 16.3. The van der Waals surface area contributed by atoms with E-state index in [0.29, 0.717) is 6.61 Å². The molecule has 1 aromatic rings. The SMILES string of the molecule is C[N+]1(CCOC(=O)C(c2ccccc2)C2C=CCC2)CCCC1. The van der Waals surface area contributed by atoms with Crippen LogP contribution >= 0.6 is 0 Å². The molecule has 3 nitrogen and oxygen atoms in total. The molecule has 1 aliphatic carbocycles. The molecule has 2 unspecified atom stereocenters. The monoisotopic (exact) mass is 314 g/mol. The molecule has 0 aromatic heterocycles. The van der Waals surface area contributed by atoms with Crippen molar-refractivity contribution in [3.8, 4) is 0 Å². The molecule has 0 radical (unpaired) electrons. The lowest BCUT2D eigenvalue weighted by Crippen LogP contribution is -2.43. The fourth-order valence-corrected chi connectivity index (χ4v) is 3.93. The van der Waals surface area contributed by atoms with E-state index in [0.717, 1.165) is 29.4 Å². The predicted molar refractivity (Wildman–Crippen MR) is 92.0 cm³/mol. The van der Waals surface area contributed by atoms with Gasteiger partial charge in [-0.1, -0.05) is 42.5 Å². The first-order chi connectivity index (χ1) is 11.2. The van der Waals surface area contributed by atoms with Gasteiger partial charge in [-0.2, -0.15) is 0 Å². The maximum Gasteiger partial charge on any atom is 0.314 e. The van der Waals surface area contributed by atoms with Crippen LogP contribution in [0.5, 0.6) is 0 Å². The van der Waals surface area contributed by atoms with E-state index in [2.05, 4.69) is 19.2 Å². The van der Waals surface area contributed by atoms with Gasteiger partial charge < -0.3 is 9.22 Å². The van der Waals surface area contributed by atoms with E-state index in [4.69, 9.17) is 4.74 Å². The van der Waals surface area contributed by atoms with E-state index in [1.54, 1.807) is 0 Å². The van der Waals surface area contributed by atoms with Gasteiger partial charge in [-0.3, -0.25) is 4.79 Å². The van der Waals surface area contributed by atoms with E-state index in [-0.39, 0.29) is 17.8 Å². The number of nitrogens with zero attached hydrogens (tertiary/aromatic N) is 1. The smallest absolute Gasteiger partial charge is 0.314 e. The van der Waals surface area contributed by atoms with Crippen molar-refractivity contribution in [1.29, 1.82) is 0 Å². The Labute approximate surface area is 139 Å². The number of esters is 1. The molecule has 1 heterocycles. The number of carbonyl (C=O) groups is 1. The quantitative estimate of drug-likeness (QED) is 0.456. The predicted octanol–water partition coefficient (Wildman–Crippen LogP) is 3.52. The number of likely N-dealkylation sites (N-methyl/N-ethyl adjacent to an activating group) is 1. The van der Waals surface area contributed by atoms with E-state index in [9.17, 15) is 4.79 Å². The lowest BCUT2D eigenvalue weighted by atomic mass is 9.85. The van der Waals surface area contributed by atoms with Gasteiger partial charge in [0.25, 0.3) is 0 Å². The molecule has 1 saturated heterocycles. The van der Waals surface area contributed by atoms with Crippen LogP contribution in [0.4, 0.5) is 0 Å². The number of hydrogen-bond donors (Lipinski definition) is 0. The van der Waals surface area contributed by atoms with Gasteiger partial charge in [-0.25, -0.2) is 0 Å². The van der Waals surface area contributed by atoms with Crippen LogP contribution in [0.2, 0.25) is 0 Å². The molecule has 3 heteroatoms. The molecule has 2 aliphatic rings. The maximum atomic E-state index is 12.7. The first-order valence-corrected chi connectivity index (χ1v) is 8.90. The van der Waals surface area contributed by atoms with Crippen LogP contribution in [0, 0.1) is 5.92 Å². The van der Waals surface area contributed by atoms with Crippen LogP contribution in [0.1, 0.15) is 37.2 Å². The highest BCUT2D eigenvalue weighted by molar-refractivity contribution is 5.79. The average Bonchev–Trinajstić information content (AvgIpc) is 3.21. The summed E-state index contributed by atoms with van der Waals surface area (Å²) in [7, 11) is 2.27. The summed E-state index contributed by atoms with van der Waals surface area (Å²) in [5.41, 5.74) is 1.08. The van der Waals surface area contributed by atoms with E-state index in [1.807, 2.05) is 30.3 Å². The minimum Gasteiger partial charge on any atom is -0.459 e. The highest BCUT2D eigenvalue weighted by atomic mass is 16.5. The minimum absolute atomic E-state index is 0.0569. The minimum atomic E-state index is -0.154. The van der Waals surface area contributed by atoms with Crippen LogP contribution in [-0.2, 0) is 9.53 Å². The van der Waals surface area contributed by atoms with Gasteiger partial charge in [0, 0.05) is 12.8 Å². The van der Waals surface area contributed by atoms with Crippen LogP contribution in [0.15, 0.2) is 42.5 Å². The van der Waals surface area contributed by atoms with Crippen molar-refractivity contribution in [2.24, 2.45) is 5.92 Å². The number of allylic oxidation sites excluding steroid dienone is 2. The summed E-state index contributed by atoms with van der Waals surface area (Å²) in [6.07, 6.45) is 9.07. The van der Waals surface area contributed by atoms with Crippen molar-refractivity contribution >= 4 is 5.97 Å². The second-order valence-corrected chi connectivity index (χ2v) is 7.22. The Morgan fingerprint density at radius 1 is 1.26 bits per heavy atom. The van der Waals surface area contributed by atoms with E-state index >= 15 is 0 Å². The summed E-state index contributed by atoms with van der Waals surface area (Å²) in [6.45, 7) is 3.90. The Bertz CT molecular complexity index is 546. The molecule has 0 saturated carbocycles. The Kier molecular flexibility index (Phi) is 5.16. The number of hydrogen-bond acceptors (Lipinski definition) is 2. The number of benzene rings is 1. The lowest BCUT2D eigenvalue weighted by Gasteiger charge is -2.29. The summed E-state index contributed by atoms with van der Waals surface area (Å²) in [5.74, 6) is 0.0684. The summed E-state index contributed by atoms with van der Waals surface area (Å²) in [5, 5.41) is 0. The molecule has 0 amide bonds. The van der Waals surface area contributed by atoms with Crippen molar-refractivity contribution in [3.05, 3.63) is 48.0 Å². The zero-order valence-corrected chi connectivity index (χ0v) is 14.1. The molecule has 124 valence electrons. The third-order valence-corrected chi connectivity index (χ3v) is 5.41. The molecule has 2 atom stereocenters. The van der Waals surface area contributed by atoms with Crippen molar-refractivity contribution in [3.63, 3.8) is 0 Å². The molecule has 0 spiro atoms. The molecule has 3 rings (SSSR count). The highest BCUT2D eigenvalue weighted by Crippen LogP contribution is 2.34. The Balaban J connectivity index is 1.62. The van der Waals surface area contributed by atoms with Gasteiger partial charge in [0.1, 0.15) is 13.2 Å². The van der Waals surface area contributed by atoms with Crippen molar-refractivity contribution in [2.45, 2.75) is 31.6 Å². The van der Waals surface area contributed by atoms with E-state index in [1.165, 1.54) is 25.9 Å². The van der Waals surface area contributed by atoms with Crippen LogP contribution in [0.25, 0.3) is 0 Å². The standard InChI is InChI=1S/C20H28NO2/c1-21(13-7-8-14-21)15-16-23-20(22)19(18-11-5-6-12-18)17-9-3-2-4-10-17/h2-5,9-11,18-19H,6-8,12-16H2,1H3/q+1. The van der Waals surface area contributed by atoms with Gasteiger partial charge in [0.2, 0.25) is 0 Å². The first-order valence-electron chi connectivity index (χ1n) is 8.90. The second-order valence-electron chi connectivity index (χ2n) is 7.22. The topological polar surface area (TPSA) is 26.3 Å². The molecule has 1 aliphatic heterocycles. The van der Waals surface area contributed by atoms with E-state index < -0.39 is 0 Å². The highest BCUT2D eigenvalue weighted by Gasteiger charge is 2.32. The van der Waals surface area contributed by atoms with Crippen molar-refractivity contribution in [1.82, 2.24) is 0 Å². The molecular formula is C20H28NO2+. The lowest BCUT2D eigenvalue weighted by molar-refractivity contribution is -0.897. The Hall–Kier alpha value is -1.61. The number of ether oxygens (including phenoxy) is 1. The Morgan fingerprint density at radius 2 is 2.00 bits per heavy atom. The molecule has 1 aromatic carbocycles. The summed E-state index contributed by atoms with van der Waals surface area (Å²) < 4.78 is 6.76. The van der Waals surface area contributed by atoms with Gasteiger partial charge in [0.05, 0.1) is 26.1 Å². The number of quaternary nitrogens is 1. The molecular weight excluding hydrogens is 286 g/mol.